The van der Waals surface area contributed by atoms with Gasteiger partial charge in [0.1, 0.15) is 0 Å². The highest BCUT2D eigenvalue weighted by atomic mass is 19.4. The molecule has 0 aliphatic carbocycles. The third kappa shape index (κ3) is 1.45. The van der Waals surface area contributed by atoms with Crippen LogP contribution in [0.4, 0.5) is 13.2 Å². The van der Waals surface area contributed by atoms with Gasteiger partial charge in [-0.1, -0.05) is 12.1 Å². The van der Waals surface area contributed by atoms with Crippen LogP contribution in [0, 0.1) is 0 Å². The lowest BCUT2D eigenvalue weighted by Gasteiger charge is -2.14. The molecule has 0 fully saturated rings. The van der Waals surface area contributed by atoms with Gasteiger partial charge in [-0.15, -0.1) is 0 Å². The fraction of sp³-hybridized carbons (Fsp3) is 0.333. The first-order chi connectivity index (χ1) is 7.98. The van der Waals surface area contributed by atoms with Crippen molar-refractivity contribution in [3.8, 4) is 0 Å². The maximum absolute atomic E-state index is 12.9. The molecule has 2 heterocycles. The molecule has 2 nitrogen and oxygen atoms in total. The second-order valence-corrected chi connectivity index (χ2v) is 4.35. The van der Waals surface area contributed by atoms with Gasteiger partial charge in [-0.05, 0) is 25.0 Å². The number of halogens is 3. The molecule has 1 unspecified atom stereocenters. The smallest absolute Gasteiger partial charge is 0.328 e. The molecule has 0 amide bonds. The summed E-state index contributed by atoms with van der Waals surface area (Å²) in [4.78, 5) is 0. The van der Waals surface area contributed by atoms with E-state index in [0.717, 1.165) is 18.2 Å². The Morgan fingerprint density at radius 3 is 2.76 bits per heavy atom. The number of aromatic nitrogens is 1. The Labute approximate surface area is 95.8 Å². The average Bonchev–Trinajstić information content (AvgIpc) is 2.76. The molecule has 2 aromatic rings. The summed E-state index contributed by atoms with van der Waals surface area (Å²) in [6, 6.07) is 6.05. The van der Waals surface area contributed by atoms with Gasteiger partial charge in [-0.2, -0.15) is 13.2 Å². The highest BCUT2D eigenvalue weighted by Crippen LogP contribution is 2.39. The first-order valence-electron chi connectivity index (χ1n) is 5.44. The van der Waals surface area contributed by atoms with Crippen LogP contribution in [0.25, 0.3) is 10.9 Å². The van der Waals surface area contributed by atoms with Gasteiger partial charge in [0.25, 0.3) is 0 Å². The quantitative estimate of drug-likeness (QED) is 0.753. The van der Waals surface area contributed by atoms with Crippen molar-refractivity contribution in [1.29, 1.82) is 0 Å². The lowest BCUT2D eigenvalue weighted by Crippen LogP contribution is -2.16. The first kappa shape index (κ1) is 10.7. The number of nitrogens with zero attached hydrogens (tertiary/aromatic N) is 1. The van der Waals surface area contributed by atoms with E-state index in [9.17, 15) is 13.2 Å². The summed E-state index contributed by atoms with van der Waals surface area (Å²) in [7, 11) is 0. The Morgan fingerprint density at radius 2 is 2.06 bits per heavy atom. The van der Waals surface area contributed by atoms with E-state index >= 15 is 0 Å². The summed E-state index contributed by atoms with van der Waals surface area (Å²) in [5, 5.41) is 0.616. The minimum absolute atomic E-state index is 0.222. The zero-order chi connectivity index (χ0) is 12.2. The van der Waals surface area contributed by atoms with E-state index in [4.69, 9.17) is 5.73 Å². The predicted molar refractivity (Wildman–Crippen MR) is 58.5 cm³/mol. The van der Waals surface area contributed by atoms with Crippen LogP contribution in [0.2, 0.25) is 0 Å². The number of fused-ring (bicyclic) bond motifs is 3. The largest absolute Gasteiger partial charge is 0.418 e. The standard InChI is InChI=1S/C12H11F3N2/c13-12(14,15)9-3-1-2-7-6-8-4-5-10(16)17(8)11(7)9/h1-3,6,10H,4-5,16H2. The van der Waals surface area contributed by atoms with E-state index in [1.807, 2.05) is 0 Å². The van der Waals surface area contributed by atoms with Crippen LogP contribution in [0.5, 0.6) is 0 Å². The number of para-hydroxylation sites is 1. The first-order valence-corrected chi connectivity index (χ1v) is 5.44. The zero-order valence-electron chi connectivity index (χ0n) is 8.96. The summed E-state index contributed by atoms with van der Waals surface area (Å²) >= 11 is 0. The molecule has 0 bridgehead atoms. The van der Waals surface area contributed by atoms with Crippen molar-refractivity contribution in [3.05, 3.63) is 35.5 Å². The van der Waals surface area contributed by atoms with E-state index in [-0.39, 0.29) is 11.7 Å². The van der Waals surface area contributed by atoms with E-state index in [0.29, 0.717) is 11.8 Å². The van der Waals surface area contributed by atoms with Crippen LogP contribution in [0.1, 0.15) is 23.8 Å². The number of nitrogens with two attached hydrogens (primary N) is 1. The number of aryl methyl sites for hydroxylation is 1. The van der Waals surface area contributed by atoms with Gasteiger partial charge in [0.15, 0.2) is 0 Å². The molecule has 5 heteroatoms. The highest BCUT2D eigenvalue weighted by Gasteiger charge is 2.35. The van der Waals surface area contributed by atoms with Gasteiger partial charge >= 0.3 is 6.18 Å². The molecule has 17 heavy (non-hydrogen) atoms. The number of rotatable bonds is 0. The topological polar surface area (TPSA) is 30.9 Å². The number of hydrogen-bond donors (Lipinski definition) is 1. The summed E-state index contributed by atoms with van der Waals surface area (Å²) < 4.78 is 40.4. The number of alkyl halides is 3. The Kier molecular flexibility index (Phi) is 2.04. The maximum atomic E-state index is 12.9. The Morgan fingerprint density at radius 1 is 1.29 bits per heavy atom. The molecule has 0 saturated carbocycles. The third-order valence-electron chi connectivity index (χ3n) is 3.27. The van der Waals surface area contributed by atoms with E-state index in [1.165, 1.54) is 6.07 Å². The lowest BCUT2D eigenvalue weighted by atomic mass is 10.1. The minimum atomic E-state index is -4.34. The molecule has 2 N–H and O–H groups in total. The van der Waals surface area contributed by atoms with Crippen LogP contribution in [0.15, 0.2) is 24.3 Å². The molecule has 90 valence electrons. The zero-order valence-corrected chi connectivity index (χ0v) is 8.96. The highest BCUT2D eigenvalue weighted by molar-refractivity contribution is 5.85. The fourth-order valence-electron chi connectivity index (χ4n) is 2.56. The molecule has 1 atom stereocenters. The van der Waals surface area contributed by atoms with Crippen molar-refractivity contribution in [2.45, 2.75) is 25.2 Å². The van der Waals surface area contributed by atoms with Crippen molar-refractivity contribution in [2.75, 3.05) is 0 Å². The molecule has 0 spiro atoms. The molecule has 1 aliphatic heterocycles. The Balaban J connectivity index is 2.38. The summed E-state index contributed by atoms with van der Waals surface area (Å²) in [6.45, 7) is 0. The SMILES string of the molecule is NC1CCc2cc3cccc(C(F)(F)F)c3n21. The predicted octanol–water partition coefficient (Wildman–Crippen LogP) is 3.06. The van der Waals surface area contributed by atoms with Crippen molar-refractivity contribution in [2.24, 2.45) is 5.73 Å². The summed E-state index contributed by atoms with van der Waals surface area (Å²) in [5.74, 6) is 0. The van der Waals surface area contributed by atoms with Gasteiger partial charge < -0.3 is 10.3 Å². The molecular formula is C12H11F3N2. The molecule has 1 aromatic carbocycles. The van der Waals surface area contributed by atoms with Crippen LogP contribution in [-0.4, -0.2) is 4.57 Å². The number of hydrogen-bond acceptors (Lipinski definition) is 1. The van der Waals surface area contributed by atoms with Crippen molar-refractivity contribution in [3.63, 3.8) is 0 Å². The van der Waals surface area contributed by atoms with E-state index < -0.39 is 11.7 Å². The Hall–Kier alpha value is -1.49. The molecule has 1 aromatic heterocycles. The van der Waals surface area contributed by atoms with Gasteiger partial charge in [0.2, 0.25) is 0 Å². The summed E-state index contributed by atoms with van der Waals surface area (Å²) in [6.07, 6.45) is -3.23. The van der Waals surface area contributed by atoms with Gasteiger partial charge in [-0.3, -0.25) is 0 Å². The Bertz CT molecular complexity index is 583. The van der Waals surface area contributed by atoms with Crippen LogP contribution in [-0.2, 0) is 12.6 Å². The second kappa shape index (κ2) is 3.26. The fourth-order valence-corrected chi connectivity index (χ4v) is 2.56. The second-order valence-electron chi connectivity index (χ2n) is 4.35. The van der Waals surface area contributed by atoms with Crippen molar-refractivity contribution < 1.29 is 13.2 Å². The van der Waals surface area contributed by atoms with Crippen molar-refractivity contribution >= 4 is 10.9 Å². The minimum Gasteiger partial charge on any atom is -0.328 e. The molecule has 3 rings (SSSR count). The molecular weight excluding hydrogens is 229 g/mol. The van der Waals surface area contributed by atoms with Gasteiger partial charge in [-0.25, -0.2) is 0 Å². The van der Waals surface area contributed by atoms with Crippen LogP contribution < -0.4 is 5.73 Å². The normalized spacial score (nSPS) is 19.9. The van der Waals surface area contributed by atoms with Gasteiger partial charge in [0.05, 0.1) is 17.2 Å². The lowest BCUT2D eigenvalue weighted by molar-refractivity contribution is -0.136. The third-order valence-corrected chi connectivity index (χ3v) is 3.27. The molecule has 0 radical (unpaired) electrons. The van der Waals surface area contributed by atoms with E-state index in [2.05, 4.69) is 0 Å². The molecule has 1 aliphatic rings. The maximum Gasteiger partial charge on any atom is 0.418 e. The molecule has 0 saturated heterocycles. The van der Waals surface area contributed by atoms with E-state index in [1.54, 1.807) is 16.7 Å². The van der Waals surface area contributed by atoms with Crippen molar-refractivity contribution in [1.82, 2.24) is 4.57 Å². The monoisotopic (exact) mass is 240 g/mol. The van der Waals surface area contributed by atoms with Crippen LogP contribution in [0.3, 0.4) is 0 Å². The average molecular weight is 240 g/mol. The van der Waals surface area contributed by atoms with Gasteiger partial charge in [0, 0.05) is 11.1 Å². The summed E-state index contributed by atoms with van der Waals surface area (Å²) in [5.41, 5.74) is 6.38. The number of benzene rings is 1. The van der Waals surface area contributed by atoms with Crippen LogP contribution >= 0.6 is 0 Å².